The van der Waals surface area contributed by atoms with E-state index in [9.17, 15) is 4.39 Å². The molecule has 22 heavy (non-hydrogen) atoms. The van der Waals surface area contributed by atoms with Gasteiger partial charge in [-0.1, -0.05) is 41.9 Å². The molecule has 3 aromatic rings. The Labute approximate surface area is 131 Å². The number of nitrogens with zero attached hydrogens (tertiary/aromatic N) is 2. The van der Waals surface area contributed by atoms with E-state index in [4.69, 9.17) is 11.6 Å². The number of hydrogen-bond donors (Lipinski definition) is 0. The fourth-order valence-corrected chi connectivity index (χ4v) is 2.64. The van der Waals surface area contributed by atoms with Gasteiger partial charge in [0.1, 0.15) is 12.1 Å². The van der Waals surface area contributed by atoms with E-state index >= 15 is 4.39 Å². The zero-order valence-electron chi connectivity index (χ0n) is 11.4. The van der Waals surface area contributed by atoms with Crippen LogP contribution >= 0.6 is 11.6 Å². The summed E-state index contributed by atoms with van der Waals surface area (Å²) in [5.74, 6) is -0.436. The molecule has 2 nitrogen and oxygen atoms in total. The first kappa shape index (κ1) is 14.6. The summed E-state index contributed by atoms with van der Waals surface area (Å²) in [6.45, 7) is 0. The first-order chi connectivity index (χ1) is 10.6. The van der Waals surface area contributed by atoms with Gasteiger partial charge in [-0.05, 0) is 23.8 Å². The molecule has 1 atom stereocenters. The minimum absolute atomic E-state index is 0.231. The van der Waals surface area contributed by atoms with Crippen LogP contribution < -0.4 is 0 Å². The zero-order valence-corrected chi connectivity index (χ0v) is 12.1. The molecule has 0 aliphatic rings. The first-order valence-electron chi connectivity index (χ1n) is 6.58. The summed E-state index contributed by atoms with van der Waals surface area (Å²) in [5.41, 5.74) is -1.31. The van der Waals surface area contributed by atoms with E-state index in [2.05, 4.69) is 9.97 Å². The Kier molecular flexibility index (Phi) is 3.86. The van der Waals surface area contributed by atoms with Gasteiger partial charge in [-0.3, -0.25) is 0 Å². The van der Waals surface area contributed by atoms with Crippen molar-refractivity contribution in [1.29, 1.82) is 0 Å². The highest BCUT2D eigenvalue weighted by atomic mass is 35.5. The Balaban J connectivity index is 2.27. The number of hydrogen-bond acceptors (Lipinski definition) is 2. The quantitative estimate of drug-likeness (QED) is 0.709. The molecule has 2 aromatic carbocycles. The summed E-state index contributed by atoms with van der Waals surface area (Å²) in [6.07, 6.45) is 4.10. The van der Waals surface area contributed by atoms with Crippen LogP contribution in [0.2, 0.25) is 5.02 Å². The molecule has 1 unspecified atom stereocenters. The van der Waals surface area contributed by atoms with Crippen LogP contribution in [0.15, 0.2) is 67.3 Å². The van der Waals surface area contributed by atoms with Crippen molar-refractivity contribution in [3.63, 3.8) is 0 Å². The highest BCUT2D eigenvalue weighted by Gasteiger charge is 2.38. The van der Waals surface area contributed by atoms with E-state index in [1.807, 2.05) is 0 Å². The van der Waals surface area contributed by atoms with Crippen molar-refractivity contribution in [2.45, 2.75) is 5.67 Å². The predicted octanol–water partition coefficient (Wildman–Crippen LogP) is 4.53. The van der Waals surface area contributed by atoms with Crippen molar-refractivity contribution >= 4 is 11.6 Å². The maximum Gasteiger partial charge on any atom is 0.190 e. The maximum absolute atomic E-state index is 16.1. The number of rotatable bonds is 3. The number of benzene rings is 2. The molecule has 0 bridgehead atoms. The molecule has 0 radical (unpaired) electrons. The van der Waals surface area contributed by atoms with Crippen molar-refractivity contribution in [3.8, 4) is 0 Å². The van der Waals surface area contributed by atoms with Gasteiger partial charge in [-0.2, -0.15) is 0 Å². The zero-order chi connectivity index (χ0) is 15.6. The van der Waals surface area contributed by atoms with Crippen LogP contribution in [0.4, 0.5) is 8.78 Å². The van der Waals surface area contributed by atoms with Crippen molar-refractivity contribution in [3.05, 3.63) is 94.8 Å². The van der Waals surface area contributed by atoms with Crippen molar-refractivity contribution in [1.82, 2.24) is 9.97 Å². The lowest BCUT2D eigenvalue weighted by molar-refractivity contribution is 0.279. The second kappa shape index (κ2) is 5.81. The third kappa shape index (κ3) is 2.46. The molecule has 3 rings (SSSR count). The molecule has 0 saturated carbocycles. The minimum Gasteiger partial charge on any atom is -0.244 e. The third-order valence-corrected chi connectivity index (χ3v) is 3.77. The summed E-state index contributed by atoms with van der Waals surface area (Å²) in [6, 6.07) is 11.8. The summed E-state index contributed by atoms with van der Waals surface area (Å²) < 4.78 is 29.3. The van der Waals surface area contributed by atoms with Crippen molar-refractivity contribution < 1.29 is 8.78 Å². The molecular formula is C17H11ClF2N2. The Morgan fingerprint density at radius 3 is 2.14 bits per heavy atom. The van der Waals surface area contributed by atoms with Crippen LogP contribution in [0.25, 0.3) is 0 Å². The fraction of sp³-hybridized carbons (Fsp3) is 0.0588. The lowest BCUT2D eigenvalue weighted by Gasteiger charge is -2.27. The molecule has 0 N–H and O–H groups in total. The van der Waals surface area contributed by atoms with Crippen molar-refractivity contribution in [2.75, 3.05) is 0 Å². The SMILES string of the molecule is Fc1ccc(C(F)(c2cncnc2)c2ccccc2Cl)cc1. The fourth-order valence-electron chi connectivity index (χ4n) is 2.37. The molecule has 0 saturated heterocycles. The van der Waals surface area contributed by atoms with E-state index in [1.54, 1.807) is 24.3 Å². The van der Waals surface area contributed by atoms with Gasteiger partial charge in [0.05, 0.1) is 0 Å². The van der Waals surface area contributed by atoms with Crippen LogP contribution in [-0.4, -0.2) is 9.97 Å². The summed E-state index contributed by atoms with van der Waals surface area (Å²) in [4.78, 5) is 7.76. The lowest BCUT2D eigenvalue weighted by atomic mass is 9.83. The van der Waals surface area contributed by atoms with Crippen LogP contribution in [0.1, 0.15) is 16.7 Å². The van der Waals surface area contributed by atoms with Crippen LogP contribution in [0.5, 0.6) is 0 Å². The molecule has 0 fully saturated rings. The first-order valence-corrected chi connectivity index (χ1v) is 6.95. The minimum atomic E-state index is -2.06. The summed E-state index contributed by atoms with van der Waals surface area (Å²) >= 11 is 6.18. The molecule has 5 heteroatoms. The Bertz CT molecular complexity index is 778. The second-order valence-corrected chi connectivity index (χ2v) is 5.18. The van der Waals surface area contributed by atoms with Crippen LogP contribution in [0, 0.1) is 5.82 Å². The van der Waals surface area contributed by atoms with Crippen LogP contribution in [0.3, 0.4) is 0 Å². The Morgan fingerprint density at radius 1 is 0.864 bits per heavy atom. The standard InChI is InChI=1S/C17H11ClF2N2/c18-16-4-2-1-3-15(16)17(20,13-9-21-11-22-10-13)12-5-7-14(19)8-6-12/h1-11H. The summed E-state index contributed by atoms with van der Waals surface area (Å²) in [5, 5.41) is 0.276. The molecule has 0 aliphatic carbocycles. The molecule has 1 heterocycles. The van der Waals surface area contributed by atoms with E-state index in [1.165, 1.54) is 43.0 Å². The average Bonchev–Trinajstić information content (AvgIpc) is 2.56. The number of alkyl halides is 1. The van der Waals surface area contributed by atoms with Gasteiger partial charge in [-0.15, -0.1) is 0 Å². The molecular weight excluding hydrogens is 306 g/mol. The van der Waals surface area contributed by atoms with Gasteiger partial charge in [0.25, 0.3) is 0 Å². The van der Waals surface area contributed by atoms with Crippen LogP contribution in [-0.2, 0) is 5.67 Å². The van der Waals surface area contributed by atoms with Gasteiger partial charge in [-0.25, -0.2) is 18.7 Å². The molecule has 0 aliphatic heterocycles. The highest BCUT2D eigenvalue weighted by Crippen LogP contribution is 2.42. The topological polar surface area (TPSA) is 25.8 Å². The Morgan fingerprint density at radius 2 is 1.50 bits per heavy atom. The number of halogens is 3. The molecule has 110 valence electrons. The summed E-state index contributed by atoms with van der Waals surface area (Å²) in [7, 11) is 0. The second-order valence-electron chi connectivity index (χ2n) is 4.77. The normalized spacial score (nSPS) is 13.6. The molecule has 0 amide bonds. The average molecular weight is 317 g/mol. The van der Waals surface area contributed by atoms with E-state index < -0.39 is 11.5 Å². The van der Waals surface area contributed by atoms with Gasteiger partial charge in [0, 0.05) is 28.5 Å². The Hall–Kier alpha value is -2.33. The monoisotopic (exact) mass is 316 g/mol. The van der Waals surface area contributed by atoms with Gasteiger partial charge in [0.15, 0.2) is 5.67 Å². The molecule has 1 aromatic heterocycles. The van der Waals surface area contributed by atoms with Crippen molar-refractivity contribution in [2.24, 2.45) is 0 Å². The number of aromatic nitrogens is 2. The van der Waals surface area contributed by atoms with Gasteiger partial charge >= 0.3 is 0 Å². The third-order valence-electron chi connectivity index (χ3n) is 3.45. The van der Waals surface area contributed by atoms with Gasteiger partial charge < -0.3 is 0 Å². The molecule has 0 spiro atoms. The van der Waals surface area contributed by atoms with E-state index in [0.717, 1.165) is 0 Å². The predicted molar refractivity (Wildman–Crippen MR) is 80.9 cm³/mol. The van der Waals surface area contributed by atoms with E-state index in [0.29, 0.717) is 0 Å². The largest absolute Gasteiger partial charge is 0.244 e. The van der Waals surface area contributed by atoms with E-state index in [-0.39, 0.29) is 21.7 Å². The highest BCUT2D eigenvalue weighted by molar-refractivity contribution is 6.31. The van der Waals surface area contributed by atoms with Gasteiger partial charge in [0.2, 0.25) is 0 Å². The maximum atomic E-state index is 16.1. The smallest absolute Gasteiger partial charge is 0.190 e. The lowest BCUT2D eigenvalue weighted by Crippen LogP contribution is -2.24.